The first kappa shape index (κ1) is 26.8. The van der Waals surface area contributed by atoms with Crippen LogP contribution in [0.5, 0.6) is 5.75 Å². The Morgan fingerprint density at radius 3 is 2.26 bits per heavy atom. The summed E-state index contributed by atoms with van der Waals surface area (Å²) in [6, 6.07) is 13.5. The van der Waals surface area contributed by atoms with Crippen LogP contribution >= 0.6 is 0 Å². The van der Waals surface area contributed by atoms with Gasteiger partial charge in [0.2, 0.25) is 5.91 Å². The van der Waals surface area contributed by atoms with Gasteiger partial charge < -0.3 is 26.0 Å². The Labute approximate surface area is 203 Å². The van der Waals surface area contributed by atoms with Gasteiger partial charge in [-0.1, -0.05) is 32.0 Å². The smallest absolute Gasteiger partial charge is 0.316 e. The number of nitrogens with one attached hydrogen (secondary N) is 2. The van der Waals surface area contributed by atoms with Crippen molar-refractivity contribution in [3.05, 3.63) is 59.7 Å². The van der Waals surface area contributed by atoms with Crippen LogP contribution in [0, 0.1) is 6.92 Å². The SMILES string of the molecule is CC.COc1cc(/C=C/C(=O)N2C(C)CC(Nc3ccccc3)C[C@H]2C)c(NC(N)=O)cc1C. The molecule has 1 aliphatic rings. The third-order valence-electron chi connectivity index (χ3n) is 5.83. The van der Waals surface area contributed by atoms with E-state index in [1.807, 2.05) is 43.9 Å². The summed E-state index contributed by atoms with van der Waals surface area (Å²) in [5, 5.41) is 6.19. The number of primary amides is 1. The van der Waals surface area contributed by atoms with E-state index in [4.69, 9.17) is 10.5 Å². The number of ether oxygens (including phenoxy) is 1. The van der Waals surface area contributed by atoms with Crippen LogP contribution in [0.25, 0.3) is 6.08 Å². The maximum absolute atomic E-state index is 13.1. The molecule has 184 valence electrons. The molecule has 0 bridgehead atoms. The van der Waals surface area contributed by atoms with Crippen LogP contribution in [0.15, 0.2) is 48.5 Å². The molecule has 4 N–H and O–H groups in total. The summed E-state index contributed by atoms with van der Waals surface area (Å²) in [6.07, 6.45) is 4.98. The number of likely N-dealkylation sites (tertiary alicyclic amines) is 1. The summed E-state index contributed by atoms with van der Waals surface area (Å²) in [5.41, 5.74) is 8.45. The third kappa shape index (κ3) is 7.01. The lowest BCUT2D eigenvalue weighted by Gasteiger charge is -2.42. The van der Waals surface area contributed by atoms with Crippen molar-refractivity contribution in [2.45, 2.75) is 65.6 Å². The molecule has 1 saturated heterocycles. The molecule has 0 aromatic heterocycles. The van der Waals surface area contributed by atoms with Crippen LogP contribution in [-0.4, -0.2) is 42.1 Å². The van der Waals surface area contributed by atoms with E-state index in [0.717, 1.165) is 24.1 Å². The molecule has 7 heteroatoms. The number of methoxy groups -OCH3 is 1. The second kappa shape index (κ2) is 12.7. The van der Waals surface area contributed by atoms with Crippen LogP contribution < -0.4 is 21.1 Å². The number of carbonyl (C=O) groups excluding carboxylic acids is 2. The third-order valence-corrected chi connectivity index (χ3v) is 5.83. The molecule has 1 fully saturated rings. The summed E-state index contributed by atoms with van der Waals surface area (Å²) in [4.78, 5) is 26.4. The molecular formula is C27H38N4O3. The zero-order chi connectivity index (χ0) is 25.3. The summed E-state index contributed by atoms with van der Waals surface area (Å²) >= 11 is 0. The van der Waals surface area contributed by atoms with Gasteiger partial charge in [-0.3, -0.25) is 4.79 Å². The van der Waals surface area contributed by atoms with E-state index in [1.54, 1.807) is 31.4 Å². The molecule has 1 heterocycles. The molecule has 3 atom stereocenters. The molecule has 7 nitrogen and oxygen atoms in total. The molecule has 3 rings (SSSR count). The van der Waals surface area contributed by atoms with E-state index in [0.29, 0.717) is 23.0 Å². The minimum Gasteiger partial charge on any atom is -0.496 e. The molecule has 3 amide bonds. The lowest BCUT2D eigenvalue weighted by atomic mass is 9.92. The van der Waals surface area contributed by atoms with E-state index >= 15 is 0 Å². The number of anilines is 2. The quantitative estimate of drug-likeness (QED) is 0.496. The van der Waals surface area contributed by atoms with Crippen LogP contribution in [-0.2, 0) is 4.79 Å². The minimum absolute atomic E-state index is 0.0623. The van der Waals surface area contributed by atoms with Crippen molar-refractivity contribution in [2.24, 2.45) is 5.73 Å². The number of nitrogens with two attached hydrogens (primary N) is 1. The second-order valence-corrected chi connectivity index (χ2v) is 8.35. The van der Waals surface area contributed by atoms with Gasteiger partial charge in [-0.15, -0.1) is 0 Å². The first-order valence-corrected chi connectivity index (χ1v) is 11.9. The Kier molecular flexibility index (Phi) is 9.98. The van der Waals surface area contributed by atoms with Gasteiger partial charge in [0.05, 0.1) is 12.8 Å². The Balaban J connectivity index is 0.00000199. The van der Waals surface area contributed by atoms with E-state index < -0.39 is 6.03 Å². The molecule has 34 heavy (non-hydrogen) atoms. The number of piperidine rings is 1. The predicted molar refractivity (Wildman–Crippen MR) is 140 cm³/mol. The number of benzene rings is 2. The molecule has 0 radical (unpaired) electrons. The molecular weight excluding hydrogens is 428 g/mol. The molecule has 0 spiro atoms. The highest BCUT2D eigenvalue weighted by Gasteiger charge is 2.33. The summed E-state index contributed by atoms with van der Waals surface area (Å²) in [7, 11) is 1.58. The Morgan fingerprint density at radius 1 is 1.09 bits per heavy atom. The first-order chi connectivity index (χ1) is 16.3. The Morgan fingerprint density at radius 2 is 1.71 bits per heavy atom. The molecule has 2 unspecified atom stereocenters. The van der Waals surface area contributed by atoms with Crippen molar-refractivity contribution in [1.29, 1.82) is 0 Å². The van der Waals surface area contributed by atoms with Gasteiger partial charge in [0.25, 0.3) is 0 Å². The topological polar surface area (TPSA) is 96.7 Å². The van der Waals surface area contributed by atoms with Gasteiger partial charge >= 0.3 is 6.03 Å². The number of hydrogen-bond acceptors (Lipinski definition) is 4. The number of amides is 3. The predicted octanol–water partition coefficient (Wildman–Crippen LogP) is 5.41. The fraction of sp³-hybridized carbons (Fsp3) is 0.407. The van der Waals surface area contributed by atoms with E-state index in [-0.39, 0.29) is 18.0 Å². The maximum atomic E-state index is 13.1. The highest BCUT2D eigenvalue weighted by Crippen LogP contribution is 2.29. The van der Waals surface area contributed by atoms with Crippen molar-refractivity contribution in [3.63, 3.8) is 0 Å². The van der Waals surface area contributed by atoms with E-state index in [2.05, 4.69) is 36.6 Å². The fourth-order valence-corrected chi connectivity index (χ4v) is 4.45. The van der Waals surface area contributed by atoms with Crippen LogP contribution in [0.4, 0.5) is 16.2 Å². The number of rotatable bonds is 6. The number of carbonyl (C=O) groups is 2. The average molecular weight is 467 g/mol. The Hall–Kier alpha value is -3.48. The molecule has 0 saturated carbocycles. The summed E-state index contributed by atoms with van der Waals surface area (Å²) in [6.45, 7) is 10.0. The highest BCUT2D eigenvalue weighted by atomic mass is 16.5. The second-order valence-electron chi connectivity index (χ2n) is 8.35. The number of nitrogens with zero attached hydrogens (tertiary/aromatic N) is 1. The van der Waals surface area contributed by atoms with Gasteiger partial charge in [0.1, 0.15) is 5.75 Å². The van der Waals surface area contributed by atoms with Crippen molar-refractivity contribution in [3.8, 4) is 5.75 Å². The normalized spacial score (nSPS) is 19.7. The molecule has 2 aromatic rings. The van der Waals surface area contributed by atoms with Crippen LogP contribution in [0.1, 0.15) is 51.7 Å². The van der Waals surface area contributed by atoms with Gasteiger partial charge in [-0.2, -0.15) is 0 Å². The van der Waals surface area contributed by atoms with Crippen LogP contribution in [0.3, 0.4) is 0 Å². The largest absolute Gasteiger partial charge is 0.496 e. The molecule has 0 aliphatic carbocycles. The summed E-state index contributed by atoms with van der Waals surface area (Å²) in [5.74, 6) is 0.606. The fourth-order valence-electron chi connectivity index (χ4n) is 4.45. The van der Waals surface area contributed by atoms with Crippen molar-refractivity contribution >= 4 is 29.4 Å². The van der Waals surface area contributed by atoms with E-state index in [1.165, 1.54) is 0 Å². The van der Waals surface area contributed by atoms with Crippen molar-refractivity contribution in [2.75, 3.05) is 17.7 Å². The highest BCUT2D eigenvalue weighted by molar-refractivity contribution is 5.95. The summed E-state index contributed by atoms with van der Waals surface area (Å²) < 4.78 is 5.38. The maximum Gasteiger partial charge on any atom is 0.316 e. The Bertz CT molecular complexity index is 979. The van der Waals surface area contributed by atoms with Crippen LogP contribution in [0.2, 0.25) is 0 Å². The molecule has 2 aromatic carbocycles. The first-order valence-electron chi connectivity index (χ1n) is 11.9. The minimum atomic E-state index is -0.661. The average Bonchev–Trinajstić information content (AvgIpc) is 2.79. The number of hydrogen-bond donors (Lipinski definition) is 3. The number of para-hydroxylation sites is 1. The van der Waals surface area contributed by atoms with E-state index in [9.17, 15) is 9.59 Å². The molecule has 1 aliphatic heterocycles. The van der Waals surface area contributed by atoms with Crippen molar-refractivity contribution < 1.29 is 14.3 Å². The van der Waals surface area contributed by atoms with Crippen molar-refractivity contribution in [1.82, 2.24) is 4.90 Å². The monoisotopic (exact) mass is 466 g/mol. The van der Waals surface area contributed by atoms with Gasteiger partial charge in [0, 0.05) is 35.5 Å². The lowest BCUT2D eigenvalue weighted by molar-refractivity contribution is -0.131. The lowest BCUT2D eigenvalue weighted by Crippen LogP contribution is -2.52. The number of urea groups is 1. The van der Waals surface area contributed by atoms with Gasteiger partial charge in [-0.25, -0.2) is 4.79 Å². The zero-order valence-electron chi connectivity index (χ0n) is 21.1. The van der Waals surface area contributed by atoms with Gasteiger partial charge in [-0.05, 0) is 69.5 Å². The van der Waals surface area contributed by atoms with Gasteiger partial charge in [0.15, 0.2) is 0 Å². The number of aryl methyl sites for hydroxylation is 1. The zero-order valence-corrected chi connectivity index (χ0v) is 21.1. The standard InChI is InChI=1S/C25H32N4O3.C2H6/c1-16-12-22(28-25(26)31)19(15-23(16)32-4)10-11-24(30)29-17(2)13-21(14-18(29)3)27-20-8-6-5-7-9-20;1-2/h5-12,15,17-18,21,27H,13-14H2,1-4H3,(H3,26,28,31);1-2H3/b11-10+;/t17-,18?,21?;/m1./s1.